The highest BCUT2D eigenvalue weighted by atomic mass is 28.4. The molecule has 0 aromatic heterocycles. The summed E-state index contributed by atoms with van der Waals surface area (Å²) < 4.78 is 24.2. The van der Waals surface area contributed by atoms with Crippen LogP contribution in [0.5, 0.6) is 0 Å². The lowest BCUT2D eigenvalue weighted by molar-refractivity contribution is 0.182. The van der Waals surface area contributed by atoms with Crippen molar-refractivity contribution in [2.75, 3.05) is 26.4 Å². The van der Waals surface area contributed by atoms with E-state index in [4.69, 9.17) is 17.7 Å². The van der Waals surface area contributed by atoms with Crippen LogP contribution < -0.4 is 0 Å². The fourth-order valence-electron chi connectivity index (χ4n) is 3.51. The van der Waals surface area contributed by atoms with Gasteiger partial charge in [0.25, 0.3) is 0 Å². The number of unbranched alkanes of at least 4 members (excludes halogenated alkanes) is 4. The molecule has 0 heterocycles. The minimum Gasteiger partial charge on any atom is -0.394 e. The lowest BCUT2D eigenvalue weighted by atomic mass is 10.2. The summed E-state index contributed by atoms with van der Waals surface area (Å²) in [6, 6.07) is 4.39. The molecule has 4 nitrogen and oxygen atoms in total. The van der Waals surface area contributed by atoms with Crippen molar-refractivity contribution in [1.29, 1.82) is 0 Å². The molecule has 0 N–H and O–H groups in total. The zero-order chi connectivity index (χ0) is 19.0. The van der Waals surface area contributed by atoms with E-state index >= 15 is 0 Å². The molecule has 6 heteroatoms. The molecule has 0 radical (unpaired) electrons. The van der Waals surface area contributed by atoms with E-state index in [1.165, 1.54) is 32.1 Å². The van der Waals surface area contributed by atoms with Gasteiger partial charge in [-0.25, -0.2) is 0 Å². The third kappa shape index (κ3) is 10.3. The van der Waals surface area contributed by atoms with Crippen molar-refractivity contribution in [3.05, 3.63) is 0 Å². The Hall–Kier alpha value is 0.274. The maximum absolute atomic E-state index is 6.05. The molecule has 0 saturated heterocycles. The van der Waals surface area contributed by atoms with Crippen LogP contribution in [0.3, 0.4) is 0 Å². The topological polar surface area (TPSA) is 36.9 Å². The standard InChI is InChI=1S/C19H44O4Si2/c1-7-20-24(11-5,21-8-2)18-16-14-13-15-17-19-25(12-6,22-9-3)23-10-4/h7-19H2,1-6H3. The fraction of sp³-hybridized carbons (Fsp3) is 1.00. The minimum absolute atomic E-state index is 0.776. The highest BCUT2D eigenvalue weighted by Gasteiger charge is 2.35. The van der Waals surface area contributed by atoms with Gasteiger partial charge in [-0.05, 0) is 51.9 Å². The first kappa shape index (κ1) is 25.3. The van der Waals surface area contributed by atoms with E-state index in [0.29, 0.717) is 0 Å². The van der Waals surface area contributed by atoms with Crippen LogP contribution in [0.2, 0.25) is 24.2 Å². The quantitative estimate of drug-likeness (QED) is 0.211. The van der Waals surface area contributed by atoms with Crippen LogP contribution in [-0.2, 0) is 17.7 Å². The van der Waals surface area contributed by atoms with Crippen LogP contribution in [-0.4, -0.2) is 43.5 Å². The van der Waals surface area contributed by atoms with Gasteiger partial charge < -0.3 is 17.7 Å². The van der Waals surface area contributed by atoms with E-state index in [1.54, 1.807) is 0 Å². The van der Waals surface area contributed by atoms with Gasteiger partial charge >= 0.3 is 17.1 Å². The van der Waals surface area contributed by atoms with Gasteiger partial charge in [0.05, 0.1) is 0 Å². The Balaban J connectivity index is 4.07. The lowest BCUT2D eigenvalue weighted by Crippen LogP contribution is -2.41. The Labute approximate surface area is 159 Å². The molecule has 0 atom stereocenters. The molecule has 0 bridgehead atoms. The van der Waals surface area contributed by atoms with Crippen LogP contribution in [0, 0.1) is 0 Å². The van der Waals surface area contributed by atoms with E-state index in [2.05, 4.69) is 41.5 Å². The first-order valence-corrected chi connectivity index (χ1v) is 15.1. The van der Waals surface area contributed by atoms with Crippen LogP contribution in [0.15, 0.2) is 0 Å². The van der Waals surface area contributed by atoms with Crippen molar-refractivity contribution in [3.63, 3.8) is 0 Å². The van der Waals surface area contributed by atoms with E-state index in [-0.39, 0.29) is 0 Å². The van der Waals surface area contributed by atoms with Crippen molar-refractivity contribution in [2.24, 2.45) is 0 Å². The predicted octanol–water partition coefficient (Wildman–Crippen LogP) is 6.01. The van der Waals surface area contributed by atoms with Gasteiger partial charge in [0, 0.05) is 26.4 Å². The molecule has 0 spiro atoms. The Morgan fingerprint density at radius 2 is 0.720 bits per heavy atom. The second-order valence-electron chi connectivity index (χ2n) is 6.53. The smallest absolute Gasteiger partial charge is 0.337 e. The van der Waals surface area contributed by atoms with Crippen LogP contribution in [0.25, 0.3) is 0 Å². The molecule has 0 aromatic carbocycles. The molecule has 0 rings (SSSR count). The van der Waals surface area contributed by atoms with E-state index in [9.17, 15) is 0 Å². The summed E-state index contributed by atoms with van der Waals surface area (Å²) in [5.41, 5.74) is 0. The number of hydrogen-bond donors (Lipinski definition) is 0. The summed E-state index contributed by atoms with van der Waals surface area (Å²) in [7, 11) is -3.86. The molecular formula is C19H44O4Si2. The summed E-state index contributed by atoms with van der Waals surface area (Å²) in [5.74, 6) is 0. The second kappa shape index (κ2) is 15.3. The maximum atomic E-state index is 6.05. The Kier molecular flexibility index (Phi) is 15.5. The molecule has 0 fully saturated rings. The van der Waals surface area contributed by atoms with Gasteiger partial charge in [0.1, 0.15) is 0 Å². The van der Waals surface area contributed by atoms with Gasteiger partial charge in [-0.1, -0.05) is 46.0 Å². The zero-order valence-corrected chi connectivity index (χ0v) is 19.8. The highest BCUT2D eigenvalue weighted by Crippen LogP contribution is 2.25. The van der Waals surface area contributed by atoms with Crippen LogP contribution in [0.4, 0.5) is 0 Å². The molecule has 0 amide bonds. The van der Waals surface area contributed by atoms with Crippen LogP contribution in [0.1, 0.15) is 73.6 Å². The first-order valence-electron chi connectivity index (χ1n) is 10.6. The lowest BCUT2D eigenvalue weighted by Gasteiger charge is -2.29. The van der Waals surface area contributed by atoms with Gasteiger partial charge in [-0.3, -0.25) is 0 Å². The van der Waals surface area contributed by atoms with Crippen molar-refractivity contribution in [1.82, 2.24) is 0 Å². The zero-order valence-electron chi connectivity index (χ0n) is 17.8. The van der Waals surface area contributed by atoms with E-state index < -0.39 is 17.1 Å². The Bertz CT molecular complexity index is 263. The predicted molar refractivity (Wildman–Crippen MR) is 112 cm³/mol. The minimum atomic E-state index is -1.93. The van der Waals surface area contributed by atoms with Gasteiger partial charge in [0.15, 0.2) is 0 Å². The van der Waals surface area contributed by atoms with Crippen molar-refractivity contribution < 1.29 is 17.7 Å². The molecule has 0 aliphatic heterocycles. The summed E-state index contributed by atoms with van der Waals surface area (Å²) in [4.78, 5) is 0. The van der Waals surface area contributed by atoms with Crippen molar-refractivity contribution in [2.45, 2.75) is 97.8 Å². The Morgan fingerprint density at radius 3 is 0.960 bits per heavy atom. The monoisotopic (exact) mass is 392 g/mol. The van der Waals surface area contributed by atoms with Gasteiger partial charge in [-0.2, -0.15) is 0 Å². The summed E-state index contributed by atoms with van der Waals surface area (Å²) in [6.45, 7) is 15.9. The molecule has 152 valence electrons. The van der Waals surface area contributed by atoms with E-state index in [1.807, 2.05) is 0 Å². The molecule has 0 aromatic rings. The van der Waals surface area contributed by atoms with Crippen molar-refractivity contribution in [3.8, 4) is 0 Å². The molecule has 0 saturated carbocycles. The second-order valence-corrected chi connectivity index (χ2v) is 13.7. The Morgan fingerprint density at radius 1 is 0.440 bits per heavy atom. The van der Waals surface area contributed by atoms with E-state index in [0.717, 1.165) is 50.6 Å². The normalized spacial score (nSPS) is 12.7. The third-order valence-electron chi connectivity index (χ3n) is 4.82. The highest BCUT2D eigenvalue weighted by molar-refractivity contribution is 6.67. The molecular weight excluding hydrogens is 348 g/mol. The molecule has 0 aliphatic carbocycles. The van der Waals surface area contributed by atoms with Crippen LogP contribution >= 0.6 is 0 Å². The van der Waals surface area contributed by atoms with Gasteiger partial charge in [-0.15, -0.1) is 0 Å². The fourth-order valence-corrected chi connectivity index (χ4v) is 9.45. The average Bonchev–Trinajstić information content (AvgIpc) is 2.61. The summed E-state index contributed by atoms with van der Waals surface area (Å²) in [6.07, 6.45) is 6.30. The SMILES string of the molecule is CCO[Si](CC)(CCCCCCC[Si](CC)(OCC)OCC)OCC. The largest absolute Gasteiger partial charge is 0.394 e. The van der Waals surface area contributed by atoms with Gasteiger partial charge in [0.2, 0.25) is 0 Å². The average molecular weight is 393 g/mol. The molecule has 0 unspecified atom stereocenters. The maximum Gasteiger partial charge on any atom is 0.337 e. The molecule has 0 aliphatic rings. The summed E-state index contributed by atoms with van der Waals surface area (Å²) in [5, 5.41) is 0. The third-order valence-corrected chi connectivity index (χ3v) is 12.5. The first-order chi connectivity index (χ1) is 12.1. The van der Waals surface area contributed by atoms with Crippen molar-refractivity contribution >= 4 is 17.1 Å². The molecule has 25 heavy (non-hydrogen) atoms. The summed E-state index contributed by atoms with van der Waals surface area (Å²) >= 11 is 0. The number of hydrogen-bond acceptors (Lipinski definition) is 4. The number of rotatable bonds is 18.